The molecular weight excluding hydrogens is 529 g/mol. The van der Waals surface area contributed by atoms with Gasteiger partial charge in [-0.2, -0.15) is 13.2 Å². The van der Waals surface area contributed by atoms with Crippen LogP contribution in [0.15, 0.2) is 24.3 Å². The fraction of sp³-hybridized carbons (Fsp3) is 0.640. The largest absolute Gasteiger partial charge is 0.490 e. The Labute approximate surface area is 225 Å². The minimum atomic E-state index is -5.08. The Kier molecular flexibility index (Phi) is 12.1. The summed E-state index contributed by atoms with van der Waals surface area (Å²) < 4.78 is 37.1. The van der Waals surface area contributed by atoms with Crippen molar-refractivity contribution in [3.63, 3.8) is 0 Å². The number of urea groups is 1. The highest BCUT2D eigenvalue weighted by atomic mass is 35.5. The predicted octanol–water partition coefficient (Wildman–Crippen LogP) is 4.08. The van der Waals surface area contributed by atoms with E-state index in [0.29, 0.717) is 16.6 Å². The molecule has 2 saturated heterocycles. The first-order valence-corrected chi connectivity index (χ1v) is 12.8. The molecule has 0 unspecified atom stereocenters. The Bertz CT molecular complexity index is 919. The van der Waals surface area contributed by atoms with Gasteiger partial charge in [-0.3, -0.25) is 4.79 Å². The number of ether oxygens (including phenoxy) is 1. The number of carbonyl (C=O) groups excluding carboxylic acids is 2. The number of amides is 3. The van der Waals surface area contributed by atoms with Crippen LogP contribution in [0.5, 0.6) is 0 Å². The SMILES string of the molecule is CO[C@H](C)[C@@H](NC(=O)Nc1ccc(Cl)cc1)C(=O)N1CCC(C2CCN(C)CC2)CC1.O=C(O)C(F)(F)F. The molecule has 1 aromatic carbocycles. The molecule has 0 aromatic heterocycles. The smallest absolute Gasteiger partial charge is 0.475 e. The van der Waals surface area contributed by atoms with Crippen LogP contribution >= 0.6 is 11.6 Å². The molecule has 3 rings (SSSR count). The zero-order valence-electron chi connectivity index (χ0n) is 21.8. The fourth-order valence-electron chi connectivity index (χ4n) is 4.65. The number of likely N-dealkylation sites (tertiary alicyclic amines) is 2. The van der Waals surface area contributed by atoms with E-state index < -0.39 is 30.3 Å². The van der Waals surface area contributed by atoms with Gasteiger partial charge in [0.15, 0.2) is 0 Å². The van der Waals surface area contributed by atoms with Crippen molar-refractivity contribution < 1.29 is 37.4 Å². The van der Waals surface area contributed by atoms with E-state index in [4.69, 9.17) is 26.2 Å². The second-order valence-corrected chi connectivity index (χ2v) is 10.1. The van der Waals surface area contributed by atoms with Gasteiger partial charge in [0.05, 0.1) is 6.10 Å². The van der Waals surface area contributed by atoms with Crippen LogP contribution in [-0.4, -0.2) is 91.5 Å². The minimum Gasteiger partial charge on any atom is -0.475 e. The monoisotopic (exact) mass is 564 g/mol. The van der Waals surface area contributed by atoms with Gasteiger partial charge < -0.3 is 30.3 Å². The van der Waals surface area contributed by atoms with Gasteiger partial charge in [-0.1, -0.05) is 11.6 Å². The van der Waals surface area contributed by atoms with Crippen molar-refractivity contribution in [2.24, 2.45) is 11.8 Å². The maximum Gasteiger partial charge on any atom is 0.490 e. The molecule has 13 heteroatoms. The summed E-state index contributed by atoms with van der Waals surface area (Å²) in [7, 11) is 3.74. The lowest BCUT2D eigenvalue weighted by Crippen LogP contribution is -2.56. The molecule has 0 spiro atoms. The van der Waals surface area contributed by atoms with Gasteiger partial charge in [0.2, 0.25) is 5.91 Å². The molecular formula is C25H36ClF3N4O5. The van der Waals surface area contributed by atoms with E-state index in [0.717, 1.165) is 31.8 Å². The summed E-state index contributed by atoms with van der Waals surface area (Å²) in [5, 5.41) is 13.3. The summed E-state index contributed by atoms with van der Waals surface area (Å²) in [5.41, 5.74) is 0.608. The molecule has 2 aliphatic heterocycles. The van der Waals surface area contributed by atoms with Crippen LogP contribution in [-0.2, 0) is 14.3 Å². The van der Waals surface area contributed by atoms with Gasteiger partial charge in [-0.15, -0.1) is 0 Å². The second-order valence-electron chi connectivity index (χ2n) is 9.63. The molecule has 214 valence electrons. The van der Waals surface area contributed by atoms with E-state index in [1.807, 2.05) is 4.90 Å². The number of aliphatic carboxylic acids is 1. The number of benzene rings is 1. The molecule has 3 amide bonds. The molecule has 38 heavy (non-hydrogen) atoms. The predicted molar refractivity (Wildman–Crippen MR) is 137 cm³/mol. The third-order valence-corrected chi connectivity index (χ3v) is 7.27. The lowest BCUT2D eigenvalue weighted by Gasteiger charge is -2.40. The van der Waals surface area contributed by atoms with Crippen molar-refractivity contribution in [3.05, 3.63) is 29.3 Å². The maximum absolute atomic E-state index is 13.2. The van der Waals surface area contributed by atoms with E-state index in [1.54, 1.807) is 38.3 Å². The van der Waals surface area contributed by atoms with Gasteiger partial charge in [-0.05, 0) is 88.8 Å². The average molecular weight is 565 g/mol. The van der Waals surface area contributed by atoms with Crippen LogP contribution in [0, 0.1) is 11.8 Å². The number of methoxy groups -OCH3 is 1. The quantitative estimate of drug-likeness (QED) is 0.480. The molecule has 3 N–H and O–H groups in total. The third kappa shape index (κ3) is 9.95. The normalized spacial score (nSPS) is 19.1. The molecule has 0 bridgehead atoms. The number of hydrogen-bond acceptors (Lipinski definition) is 5. The maximum atomic E-state index is 13.2. The first kappa shape index (κ1) is 31.6. The van der Waals surface area contributed by atoms with E-state index >= 15 is 0 Å². The number of hydrogen-bond donors (Lipinski definition) is 3. The number of piperidine rings is 2. The Morgan fingerprint density at radius 2 is 1.50 bits per heavy atom. The third-order valence-electron chi connectivity index (χ3n) is 7.02. The van der Waals surface area contributed by atoms with Crippen molar-refractivity contribution in [3.8, 4) is 0 Å². The first-order chi connectivity index (χ1) is 17.8. The van der Waals surface area contributed by atoms with Gasteiger partial charge in [-0.25, -0.2) is 9.59 Å². The van der Waals surface area contributed by atoms with Crippen molar-refractivity contribution in [1.82, 2.24) is 15.1 Å². The number of anilines is 1. The lowest BCUT2D eigenvalue weighted by atomic mass is 9.79. The number of halogens is 4. The summed E-state index contributed by atoms with van der Waals surface area (Å²) in [6.45, 7) is 5.62. The Hall–Kier alpha value is -2.57. The number of rotatable bonds is 6. The summed E-state index contributed by atoms with van der Waals surface area (Å²) in [6.07, 6.45) is -0.943. The van der Waals surface area contributed by atoms with Gasteiger partial charge >= 0.3 is 18.2 Å². The van der Waals surface area contributed by atoms with E-state index in [2.05, 4.69) is 22.6 Å². The zero-order valence-corrected chi connectivity index (χ0v) is 22.5. The van der Waals surface area contributed by atoms with Crippen molar-refractivity contribution in [2.45, 2.75) is 50.9 Å². The van der Waals surface area contributed by atoms with E-state index in [1.165, 1.54) is 25.9 Å². The molecule has 0 aliphatic carbocycles. The first-order valence-electron chi connectivity index (χ1n) is 12.4. The summed E-state index contributed by atoms with van der Waals surface area (Å²) in [5.74, 6) is -1.38. The molecule has 0 radical (unpaired) electrons. The fourth-order valence-corrected chi connectivity index (χ4v) is 4.77. The highest BCUT2D eigenvalue weighted by Gasteiger charge is 2.38. The second kappa shape index (κ2) is 14.5. The Morgan fingerprint density at radius 1 is 1.03 bits per heavy atom. The Morgan fingerprint density at radius 3 is 1.95 bits per heavy atom. The van der Waals surface area contributed by atoms with Crippen LogP contribution in [0.4, 0.5) is 23.7 Å². The van der Waals surface area contributed by atoms with Crippen molar-refractivity contribution in [2.75, 3.05) is 45.7 Å². The van der Waals surface area contributed by atoms with Crippen LogP contribution in [0.1, 0.15) is 32.6 Å². The number of nitrogens with one attached hydrogen (secondary N) is 2. The van der Waals surface area contributed by atoms with Gasteiger partial charge in [0.1, 0.15) is 6.04 Å². The number of carbonyl (C=O) groups is 3. The van der Waals surface area contributed by atoms with Crippen LogP contribution in [0.3, 0.4) is 0 Å². The minimum absolute atomic E-state index is 0.0811. The average Bonchev–Trinajstić information content (AvgIpc) is 2.88. The molecule has 1 aromatic rings. The topological polar surface area (TPSA) is 111 Å². The lowest BCUT2D eigenvalue weighted by molar-refractivity contribution is -0.192. The van der Waals surface area contributed by atoms with Crippen LogP contribution < -0.4 is 10.6 Å². The van der Waals surface area contributed by atoms with Gasteiger partial charge in [0, 0.05) is 30.9 Å². The molecule has 2 atom stereocenters. The van der Waals surface area contributed by atoms with Crippen LogP contribution in [0.25, 0.3) is 0 Å². The summed E-state index contributed by atoms with van der Waals surface area (Å²) in [6, 6.07) is 5.65. The molecule has 2 aliphatic rings. The zero-order chi connectivity index (χ0) is 28.5. The number of carboxylic acid groups (broad SMARTS) is 1. The summed E-state index contributed by atoms with van der Waals surface area (Å²) >= 11 is 5.89. The highest BCUT2D eigenvalue weighted by Crippen LogP contribution is 2.32. The molecule has 2 fully saturated rings. The highest BCUT2D eigenvalue weighted by molar-refractivity contribution is 6.30. The number of carboxylic acids is 1. The molecule has 0 saturated carbocycles. The van der Waals surface area contributed by atoms with Crippen molar-refractivity contribution in [1.29, 1.82) is 0 Å². The van der Waals surface area contributed by atoms with Gasteiger partial charge in [0.25, 0.3) is 0 Å². The van der Waals surface area contributed by atoms with E-state index in [9.17, 15) is 22.8 Å². The standard InChI is InChI=1S/C23H35ClN4O3.C2HF3O2/c1-16(31-3)21(26-23(30)25-20-6-4-19(24)5-7-20)22(29)28-14-10-18(11-15-28)17-8-12-27(2)13-9-17;3-2(4,5)1(6)7/h4-7,16-18,21H,8-15H2,1-3H3,(H2,25,26,30);(H,6,7)/t16-,21-;/m1./s1. The van der Waals surface area contributed by atoms with Crippen molar-refractivity contribution >= 4 is 35.2 Å². The number of nitrogens with zero attached hydrogens (tertiary/aromatic N) is 2. The molecule has 9 nitrogen and oxygen atoms in total. The van der Waals surface area contributed by atoms with E-state index in [-0.39, 0.29) is 5.91 Å². The number of alkyl halides is 3. The van der Waals surface area contributed by atoms with Crippen LogP contribution in [0.2, 0.25) is 5.02 Å². The summed E-state index contributed by atoms with van der Waals surface area (Å²) in [4.78, 5) is 38.9. The Balaban J connectivity index is 0.000000638. The molecule has 2 heterocycles.